The van der Waals surface area contributed by atoms with E-state index in [1.54, 1.807) is 59.4 Å². The third-order valence-corrected chi connectivity index (χ3v) is 8.12. The van der Waals surface area contributed by atoms with Crippen LogP contribution >= 0.6 is 0 Å². The van der Waals surface area contributed by atoms with Gasteiger partial charge < -0.3 is 33.9 Å². The van der Waals surface area contributed by atoms with Gasteiger partial charge in [0.1, 0.15) is 34.6 Å². The van der Waals surface area contributed by atoms with Gasteiger partial charge in [0, 0.05) is 44.6 Å². The van der Waals surface area contributed by atoms with Gasteiger partial charge in [-0.2, -0.15) is 0 Å². The van der Waals surface area contributed by atoms with E-state index < -0.39 is 11.8 Å². The zero-order valence-electron chi connectivity index (χ0n) is 23.7. The third-order valence-electron chi connectivity index (χ3n) is 8.12. The van der Waals surface area contributed by atoms with E-state index in [9.17, 15) is 14.4 Å². The number of hydrogen-bond donors (Lipinski definition) is 1. The number of carbonyl (C=O) groups is 3. The molecule has 0 bridgehead atoms. The molecule has 0 aromatic heterocycles. The number of ether oxygens (including phenoxy) is 5. The van der Waals surface area contributed by atoms with Crippen LogP contribution in [0.1, 0.15) is 46.4 Å². The Labute approximate surface area is 239 Å². The van der Waals surface area contributed by atoms with E-state index in [0.717, 1.165) is 12.8 Å². The standard InChI is InChI=1S/C30H37N3O8/c1-37-21-11-9-20(10-12-21)28(35)33-23(27(34)31-18-22-6-5-17-40-22)19-41-30(33)13-15-32(16-14-30)29(36)26-24(38-2)7-4-8-25(26)39-3/h4,7-12,22-23H,5-6,13-19H2,1-3H3,(H,31,34). The lowest BCUT2D eigenvalue weighted by atomic mass is 9.95. The molecule has 1 N–H and O–H groups in total. The van der Waals surface area contributed by atoms with Crippen molar-refractivity contribution in [2.24, 2.45) is 0 Å². The summed E-state index contributed by atoms with van der Waals surface area (Å²) in [6, 6.07) is 11.2. The summed E-state index contributed by atoms with van der Waals surface area (Å²) in [6.45, 7) is 1.77. The summed E-state index contributed by atoms with van der Waals surface area (Å²) in [5.41, 5.74) is -0.270. The molecule has 0 saturated carbocycles. The van der Waals surface area contributed by atoms with Gasteiger partial charge in [0.25, 0.3) is 11.8 Å². The smallest absolute Gasteiger partial charge is 0.261 e. The summed E-state index contributed by atoms with van der Waals surface area (Å²) < 4.78 is 28.1. The average Bonchev–Trinajstić information content (AvgIpc) is 3.67. The van der Waals surface area contributed by atoms with Gasteiger partial charge in [-0.25, -0.2) is 0 Å². The number of carbonyl (C=O) groups excluding carboxylic acids is 3. The zero-order chi connectivity index (χ0) is 29.0. The van der Waals surface area contributed by atoms with Crippen LogP contribution in [0, 0.1) is 0 Å². The van der Waals surface area contributed by atoms with Crippen molar-refractivity contribution in [3.63, 3.8) is 0 Å². The lowest BCUT2D eigenvalue weighted by molar-refractivity contribution is -0.128. The van der Waals surface area contributed by atoms with Gasteiger partial charge in [0.15, 0.2) is 0 Å². The van der Waals surface area contributed by atoms with Gasteiger partial charge in [0.2, 0.25) is 5.91 Å². The minimum absolute atomic E-state index is 0.0257. The van der Waals surface area contributed by atoms with Crippen molar-refractivity contribution in [2.45, 2.75) is 43.6 Å². The van der Waals surface area contributed by atoms with Crippen LogP contribution in [0.2, 0.25) is 0 Å². The topological polar surface area (TPSA) is 116 Å². The Bertz CT molecular complexity index is 1230. The van der Waals surface area contributed by atoms with Crippen molar-refractivity contribution in [2.75, 3.05) is 54.2 Å². The molecule has 0 aliphatic carbocycles. The molecule has 3 aliphatic heterocycles. The average molecular weight is 568 g/mol. The first-order valence-corrected chi connectivity index (χ1v) is 13.9. The maximum Gasteiger partial charge on any atom is 0.261 e. The molecule has 3 saturated heterocycles. The number of nitrogens with zero attached hydrogens (tertiary/aromatic N) is 2. The van der Waals surface area contributed by atoms with Crippen LogP contribution in [0.3, 0.4) is 0 Å². The number of piperidine rings is 1. The van der Waals surface area contributed by atoms with Gasteiger partial charge in [-0.3, -0.25) is 19.3 Å². The predicted molar refractivity (Wildman–Crippen MR) is 148 cm³/mol. The Morgan fingerprint density at radius 3 is 2.22 bits per heavy atom. The molecular weight excluding hydrogens is 530 g/mol. The second-order valence-corrected chi connectivity index (χ2v) is 10.4. The van der Waals surface area contributed by atoms with Gasteiger partial charge in [-0.15, -0.1) is 0 Å². The van der Waals surface area contributed by atoms with Crippen LogP contribution in [0.25, 0.3) is 0 Å². The monoisotopic (exact) mass is 567 g/mol. The summed E-state index contributed by atoms with van der Waals surface area (Å²) in [7, 11) is 4.58. The number of methoxy groups -OCH3 is 3. The third kappa shape index (κ3) is 5.69. The molecule has 2 aromatic rings. The van der Waals surface area contributed by atoms with Crippen LogP contribution in [-0.2, 0) is 14.3 Å². The molecule has 5 rings (SSSR count). The van der Waals surface area contributed by atoms with E-state index in [1.807, 2.05) is 0 Å². The van der Waals surface area contributed by atoms with Crippen LogP contribution < -0.4 is 19.5 Å². The molecule has 41 heavy (non-hydrogen) atoms. The maximum absolute atomic E-state index is 14.0. The summed E-state index contributed by atoms with van der Waals surface area (Å²) in [6.07, 6.45) is 2.51. The quantitative estimate of drug-likeness (QED) is 0.518. The Morgan fingerprint density at radius 1 is 0.951 bits per heavy atom. The number of rotatable bonds is 8. The second kappa shape index (κ2) is 12.4. The molecule has 3 heterocycles. The Morgan fingerprint density at radius 2 is 1.63 bits per heavy atom. The highest BCUT2D eigenvalue weighted by molar-refractivity contribution is 6.00. The molecule has 11 heteroatoms. The Kier molecular flexibility index (Phi) is 8.65. The number of amides is 3. The molecule has 2 atom stereocenters. The van der Waals surface area contributed by atoms with Crippen molar-refractivity contribution < 1.29 is 38.1 Å². The van der Waals surface area contributed by atoms with E-state index in [-0.39, 0.29) is 30.4 Å². The van der Waals surface area contributed by atoms with Crippen molar-refractivity contribution in [1.29, 1.82) is 0 Å². The second-order valence-electron chi connectivity index (χ2n) is 10.4. The molecular formula is C30H37N3O8. The molecule has 0 radical (unpaired) electrons. The first kappa shape index (κ1) is 28.7. The molecule has 2 unspecified atom stereocenters. The zero-order valence-corrected chi connectivity index (χ0v) is 23.7. The van der Waals surface area contributed by atoms with E-state index in [0.29, 0.717) is 67.5 Å². The fraction of sp³-hybridized carbons (Fsp3) is 0.500. The van der Waals surface area contributed by atoms with Gasteiger partial charge in [-0.1, -0.05) is 6.07 Å². The van der Waals surface area contributed by atoms with E-state index in [4.69, 9.17) is 23.7 Å². The van der Waals surface area contributed by atoms with Crippen molar-refractivity contribution in [3.8, 4) is 17.2 Å². The van der Waals surface area contributed by atoms with Crippen molar-refractivity contribution in [1.82, 2.24) is 15.1 Å². The van der Waals surface area contributed by atoms with E-state index in [1.165, 1.54) is 14.2 Å². The summed E-state index contributed by atoms with van der Waals surface area (Å²) in [5, 5.41) is 2.97. The van der Waals surface area contributed by atoms with Crippen LogP contribution in [0.5, 0.6) is 17.2 Å². The van der Waals surface area contributed by atoms with Crippen molar-refractivity contribution in [3.05, 3.63) is 53.6 Å². The molecule has 3 fully saturated rings. The fourth-order valence-electron chi connectivity index (χ4n) is 5.86. The fourth-order valence-corrected chi connectivity index (χ4v) is 5.86. The Balaban J connectivity index is 1.37. The highest BCUT2D eigenvalue weighted by Gasteiger charge is 2.54. The molecule has 3 amide bonds. The number of likely N-dealkylation sites (tertiary alicyclic amines) is 1. The van der Waals surface area contributed by atoms with Gasteiger partial charge in [-0.05, 0) is 49.2 Å². The summed E-state index contributed by atoms with van der Waals surface area (Å²) in [4.78, 5) is 44.3. The summed E-state index contributed by atoms with van der Waals surface area (Å²) in [5.74, 6) is 0.645. The SMILES string of the molecule is COc1ccc(C(=O)N2C(C(=O)NCC3CCCO3)COC23CCN(C(=O)c2c(OC)cccc2OC)CC3)cc1. The van der Waals surface area contributed by atoms with Gasteiger partial charge >= 0.3 is 0 Å². The van der Waals surface area contributed by atoms with Crippen LogP contribution in [0.4, 0.5) is 0 Å². The maximum atomic E-state index is 14.0. The minimum Gasteiger partial charge on any atom is -0.497 e. The Hall–Kier alpha value is -3.83. The first-order chi connectivity index (χ1) is 19.9. The molecule has 3 aliphatic rings. The summed E-state index contributed by atoms with van der Waals surface area (Å²) >= 11 is 0. The molecule has 2 aromatic carbocycles. The molecule has 220 valence electrons. The number of hydrogen-bond acceptors (Lipinski definition) is 8. The highest BCUT2D eigenvalue weighted by atomic mass is 16.5. The van der Waals surface area contributed by atoms with Gasteiger partial charge in [0.05, 0.1) is 34.0 Å². The first-order valence-electron chi connectivity index (χ1n) is 13.9. The number of nitrogens with one attached hydrogen (secondary N) is 1. The lowest BCUT2D eigenvalue weighted by Crippen LogP contribution is -2.60. The van der Waals surface area contributed by atoms with Crippen LogP contribution in [0.15, 0.2) is 42.5 Å². The highest BCUT2D eigenvalue weighted by Crippen LogP contribution is 2.40. The largest absolute Gasteiger partial charge is 0.497 e. The van der Waals surface area contributed by atoms with E-state index >= 15 is 0 Å². The number of benzene rings is 2. The predicted octanol–water partition coefficient (Wildman–Crippen LogP) is 2.48. The molecule has 11 nitrogen and oxygen atoms in total. The normalized spacial score (nSPS) is 21.5. The lowest BCUT2D eigenvalue weighted by Gasteiger charge is -2.44. The minimum atomic E-state index is -1.04. The van der Waals surface area contributed by atoms with E-state index in [2.05, 4.69) is 5.32 Å². The molecule has 1 spiro atoms. The van der Waals surface area contributed by atoms with Crippen LogP contribution in [-0.4, -0.2) is 99.6 Å². The van der Waals surface area contributed by atoms with Crippen molar-refractivity contribution >= 4 is 17.7 Å².